The average molecular weight is 390 g/mol. The highest BCUT2D eigenvalue weighted by Gasteiger charge is 2.47. The first-order valence-electron chi connectivity index (χ1n) is 6.68. The Balaban J connectivity index is 2.10. The van der Waals surface area contributed by atoms with Crippen molar-refractivity contribution in [3.8, 4) is 0 Å². The summed E-state index contributed by atoms with van der Waals surface area (Å²) >= 11 is 3.04. The second-order valence-electron chi connectivity index (χ2n) is 5.16. The van der Waals surface area contributed by atoms with Crippen molar-refractivity contribution in [2.45, 2.75) is 24.7 Å². The van der Waals surface area contributed by atoms with Gasteiger partial charge in [-0.15, -0.1) is 0 Å². The van der Waals surface area contributed by atoms with E-state index in [0.717, 1.165) is 0 Å². The molecule has 23 heavy (non-hydrogen) atoms. The zero-order valence-corrected chi connectivity index (χ0v) is 13.1. The van der Waals surface area contributed by atoms with Gasteiger partial charge in [0.2, 0.25) is 0 Å². The molecule has 0 spiro atoms. The maximum atomic E-state index is 13.4. The fraction of sp³-hybridized carbons (Fsp3) is 0.286. The maximum absolute atomic E-state index is 13.4. The number of nitrogens with zero attached hydrogens (tertiary/aromatic N) is 2. The molecule has 3 rings (SSSR count). The normalized spacial score (nSPS) is 20.7. The van der Waals surface area contributed by atoms with Crippen LogP contribution >= 0.6 is 15.9 Å². The molecule has 2 N–H and O–H groups in total. The zero-order chi connectivity index (χ0) is 16.8. The Kier molecular flexibility index (Phi) is 3.83. The largest absolute Gasteiger partial charge is 0.476 e. The van der Waals surface area contributed by atoms with Crippen LogP contribution in [0.4, 0.5) is 19.0 Å². The van der Waals surface area contributed by atoms with Crippen molar-refractivity contribution in [2.75, 3.05) is 5.32 Å². The zero-order valence-electron chi connectivity index (χ0n) is 11.5. The van der Waals surface area contributed by atoms with Gasteiger partial charge in [0.15, 0.2) is 11.7 Å². The minimum atomic E-state index is -4.54. The molecule has 1 aliphatic rings. The van der Waals surface area contributed by atoms with E-state index in [9.17, 15) is 18.0 Å². The summed E-state index contributed by atoms with van der Waals surface area (Å²) in [7, 11) is 0. The van der Waals surface area contributed by atoms with Crippen LogP contribution in [0, 0.1) is 0 Å². The van der Waals surface area contributed by atoms with Gasteiger partial charge in [-0.05, 0) is 21.5 Å². The predicted octanol–water partition coefficient (Wildman–Crippen LogP) is 4.00. The lowest BCUT2D eigenvalue weighted by molar-refractivity contribution is -0.173. The smallest absolute Gasteiger partial charge is 0.410 e. The van der Waals surface area contributed by atoms with Crippen LogP contribution in [0.1, 0.15) is 34.6 Å². The predicted molar refractivity (Wildman–Crippen MR) is 79.4 cm³/mol. The number of carboxylic acids is 1. The number of nitrogens with one attached hydrogen (secondary N) is 1. The molecular weight excluding hydrogens is 379 g/mol. The van der Waals surface area contributed by atoms with Gasteiger partial charge in [-0.2, -0.15) is 18.3 Å². The summed E-state index contributed by atoms with van der Waals surface area (Å²) in [6.45, 7) is 0. The van der Waals surface area contributed by atoms with Crippen LogP contribution < -0.4 is 5.32 Å². The molecule has 0 radical (unpaired) electrons. The molecule has 9 heteroatoms. The van der Waals surface area contributed by atoms with E-state index in [0.29, 0.717) is 10.2 Å². The minimum absolute atomic E-state index is 0.0138. The van der Waals surface area contributed by atoms with Crippen molar-refractivity contribution in [3.63, 3.8) is 0 Å². The summed E-state index contributed by atoms with van der Waals surface area (Å²) in [5.41, 5.74) is 0.244. The highest BCUT2D eigenvalue weighted by atomic mass is 79.9. The summed E-state index contributed by atoms with van der Waals surface area (Å²) in [5.74, 6) is -1.37. The number of carboxylic acid groups (broad SMARTS) is 1. The SMILES string of the molecule is O=C(O)c1nn2c(c1Br)N[C@@H](c1ccccc1)C[C@@H]2C(F)(F)F. The second-order valence-corrected chi connectivity index (χ2v) is 5.95. The molecule has 5 nitrogen and oxygen atoms in total. The first-order chi connectivity index (χ1) is 10.8. The molecule has 0 aliphatic carbocycles. The van der Waals surface area contributed by atoms with Crippen molar-refractivity contribution >= 4 is 27.7 Å². The van der Waals surface area contributed by atoms with Crippen molar-refractivity contribution in [2.24, 2.45) is 0 Å². The Bertz CT molecular complexity index is 746. The van der Waals surface area contributed by atoms with Gasteiger partial charge in [0.1, 0.15) is 5.82 Å². The first-order valence-corrected chi connectivity index (χ1v) is 7.48. The van der Waals surface area contributed by atoms with E-state index >= 15 is 0 Å². The summed E-state index contributed by atoms with van der Waals surface area (Å²) in [5, 5.41) is 15.6. The minimum Gasteiger partial charge on any atom is -0.476 e. The van der Waals surface area contributed by atoms with Gasteiger partial charge in [-0.1, -0.05) is 30.3 Å². The number of carbonyl (C=O) groups is 1. The lowest BCUT2D eigenvalue weighted by Crippen LogP contribution is -2.35. The molecule has 2 aromatic rings. The second kappa shape index (κ2) is 5.55. The Morgan fingerprint density at radius 1 is 1.35 bits per heavy atom. The average Bonchev–Trinajstić information content (AvgIpc) is 2.84. The third-order valence-electron chi connectivity index (χ3n) is 3.70. The number of fused-ring (bicyclic) bond motifs is 1. The van der Waals surface area contributed by atoms with Gasteiger partial charge in [0, 0.05) is 6.42 Å². The third kappa shape index (κ3) is 2.80. The van der Waals surface area contributed by atoms with E-state index in [1.165, 1.54) is 0 Å². The highest BCUT2D eigenvalue weighted by molar-refractivity contribution is 9.10. The molecule has 1 aromatic carbocycles. The van der Waals surface area contributed by atoms with Crippen LogP contribution in [0.15, 0.2) is 34.8 Å². The Morgan fingerprint density at radius 3 is 2.57 bits per heavy atom. The number of halogens is 4. The lowest BCUT2D eigenvalue weighted by Gasteiger charge is -2.33. The Hall–Kier alpha value is -2.03. The third-order valence-corrected chi connectivity index (χ3v) is 4.45. The number of aromatic carboxylic acids is 1. The fourth-order valence-electron chi connectivity index (χ4n) is 2.63. The summed E-state index contributed by atoms with van der Waals surface area (Å²) in [6.07, 6.45) is -4.81. The van der Waals surface area contributed by atoms with Crippen LogP contribution in [0.3, 0.4) is 0 Å². The lowest BCUT2D eigenvalue weighted by atomic mass is 9.97. The van der Waals surface area contributed by atoms with Crippen LogP contribution in [0.5, 0.6) is 0 Å². The van der Waals surface area contributed by atoms with Crippen molar-refractivity contribution in [1.82, 2.24) is 9.78 Å². The van der Waals surface area contributed by atoms with E-state index in [4.69, 9.17) is 5.11 Å². The molecule has 1 aliphatic heterocycles. The standard InChI is InChI=1S/C14H11BrF3N3O2/c15-10-11(13(22)23)20-21-9(14(16,17)18)6-8(19-12(10)21)7-4-2-1-3-5-7/h1-5,8-9,19H,6H2,(H,22,23)/t8-,9-/m1/s1. The van der Waals surface area contributed by atoms with E-state index in [-0.39, 0.29) is 16.7 Å². The monoisotopic (exact) mass is 389 g/mol. The maximum Gasteiger partial charge on any atom is 0.410 e. The molecule has 0 fully saturated rings. The number of aromatic nitrogens is 2. The highest BCUT2D eigenvalue weighted by Crippen LogP contribution is 2.46. The van der Waals surface area contributed by atoms with Crippen molar-refractivity contribution in [1.29, 1.82) is 0 Å². The molecule has 122 valence electrons. The van der Waals surface area contributed by atoms with Gasteiger partial charge in [0.25, 0.3) is 0 Å². The van der Waals surface area contributed by atoms with Crippen LogP contribution in [-0.4, -0.2) is 27.0 Å². The molecule has 2 heterocycles. The Labute approximate surface area is 137 Å². The van der Waals surface area contributed by atoms with Crippen LogP contribution in [0.25, 0.3) is 0 Å². The number of alkyl halides is 3. The summed E-state index contributed by atoms with van der Waals surface area (Å²) in [4.78, 5) is 11.1. The van der Waals surface area contributed by atoms with Crippen LogP contribution in [0.2, 0.25) is 0 Å². The van der Waals surface area contributed by atoms with Crippen LogP contribution in [-0.2, 0) is 0 Å². The quantitative estimate of drug-likeness (QED) is 0.814. The number of anilines is 1. The summed E-state index contributed by atoms with van der Waals surface area (Å²) < 4.78 is 40.9. The van der Waals surface area contributed by atoms with Gasteiger partial charge >= 0.3 is 12.1 Å². The molecule has 0 saturated carbocycles. The van der Waals surface area contributed by atoms with Crippen molar-refractivity contribution < 1.29 is 23.1 Å². The first kappa shape index (κ1) is 15.9. The molecule has 0 amide bonds. The Morgan fingerprint density at radius 2 is 2.00 bits per heavy atom. The molecule has 2 atom stereocenters. The van der Waals surface area contributed by atoms with E-state index in [1.807, 2.05) is 0 Å². The van der Waals surface area contributed by atoms with E-state index < -0.39 is 29.9 Å². The molecular formula is C14H11BrF3N3O2. The molecule has 1 aromatic heterocycles. The van der Waals surface area contributed by atoms with Gasteiger partial charge in [-0.3, -0.25) is 0 Å². The molecule has 0 saturated heterocycles. The van der Waals surface area contributed by atoms with E-state index in [2.05, 4.69) is 26.3 Å². The van der Waals surface area contributed by atoms with Crippen molar-refractivity contribution in [3.05, 3.63) is 46.1 Å². The van der Waals surface area contributed by atoms with Gasteiger partial charge < -0.3 is 10.4 Å². The number of hydrogen-bond acceptors (Lipinski definition) is 3. The fourth-order valence-corrected chi connectivity index (χ4v) is 3.18. The topological polar surface area (TPSA) is 67.1 Å². The van der Waals surface area contributed by atoms with Gasteiger partial charge in [0.05, 0.1) is 10.5 Å². The molecule has 0 unspecified atom stereocenters. The molecule has 0 bridgehead atoms. The summed E-state index contributed by atoms with van der Waals surface area (Å²) in [6, 6.07) is 6.22. The van der Waals surface area contributed by atoms with Gasteiger partial charge in [-0.25, -0.2) is 9.48 Å². The number of rotatable bonds is 2. The van der Waals surface area contributed by atoms with E-state index in [1.54, 1.807) is 30.3 Å². The number of benzene rings is 1. The number of hydrogen-bond donors (Lipinski definition) is 2.